The molecule has 22 heavy (non-hydrogen) atoms. The van der Waals surface area contributed by atoms with Crippen LogP contribution in [0.4, 0.5) is 8.78 Å². The molecule has 0 spiro atoms. The van der Waals surface area contributed by atoms with Crippen LogP contribution < -0.4 is 0 Å². The molecule has 116 valence electrons. The number of furan rings is 1. The van der Waals surface area contributed by atoms with Gasteiger partial charge in [-0.25, -0.2) is 8.78 Å². The van der Waals surface area contributed by atoms with Gasteiger partial charge in [-0.2, -0.15) is 0 Å². The Hall–Kier alpha value is -1.82. The predicted molar refractivity (Wildman–Crippen MR) is 80.2 cm³/mol. The molecule has 3 nitrogen and oxygen atoms in total. The molecular formula is C16H15F2NO2S. The Morgan fingerprint density at radius 2 is 2.00 bits per heavy atom. The highest BCUT2D eigenvalue weighted by Gasteiger charge is 2.35. The van der Waals surface area contributed by atoms with Crippen molar-refractivity contribution in [2.24, 2.45) is 0 Å². The number of halogens is 2. The van der Waals surface area contributed by atoms with Crippen molar-refractivity contribution >= 4 is 17.7 Å². The van der Waals surface area contributed by atoms with Crippen molar-refractivity contribution in [1.29, 1.82) is 0 Å². The van der Waals surface area contributed by atoms with Gasteiger partial charge >= 0.3 is 0 Å². The Balaban J connectivity index is 1.88. The molecule has 1 saturated heterocycles. The number of nitrogens with zero attached hydrogens (tertiary/aromatic N) is 1. The third-order valence-electron chi connectivity index (χ3n) is 3.63. The van der Waals surface area contributed by atoms with Crippen LogP contribution in [-0.4, -0.2) is 16.6 Å². The normalized spacial score (nSPS) is 18.2. The molecule has 2 heterocycles. The molecule has 0 aliphatic carbocycles. The lowest BCUT2D eigenvalue weighted by molar-refractivity contribution is -0.128. The average Bonchev–Trinajstić information content (AvgIpc) is 3.10. The molecule has 1 aromatic carbocycles. The van der Waals surface area contributed by atoms with Crippen molar-refractivity contribution in [2.75, 3.05) is 5.75 Å². The van der Waals surface area contributed by atoms with Gasteiger partial charge in [0, 0.05) is 12.0 Å². The molecule has 1 aliphatic heterocycles. The summed E-state index contributed by atoms with van der Waals surface area (Å²) in [6.07, 6.45) is 0.757. The quantitative estimate of drug-likeness (QED) is 0.856. The highest BCUT2D eigenvalue weighted by Crippen LogP contribution is 2.40. The minimum absolute atomic E-state index is 0.0920. The fourth-order valence-electron chi connectivity index (χ4n) is 2.43. The van der Waals surface area contributed by atoms with E-state index in [9.17, 15) is 13.6 Å². The Labute approximate surface area is 131 Å². The lowest BCUT2D eigenvalue weighted by atomic mass is 10.2. The van der Waals surface area contributed by atoms with Gasteiger partial charge in [-0.15, -0.1) is 11.8 Å². The summed E-state index contributed by atoms with van der Waals surface area (Å²) >= 11 is 1.40. The van der Waals surface area contributed by atoms with Gasteiger partial charge in [0.1, 0.15) is 28.5 Å². The molecule has 0 radical (unpaired) electrons. The molecule has 1 amide bonds. The number of carbonyl (C=O) groups is 1. The number of hydrogen-bond acceptors (Lipinski definition) is 3. The summed E-state index contributed by atoms with van der Waals surface area (Å²) in [7, 11) is 0. The van der Waals surface area contributed by atoms with Crippen LogP contribution in [0.1, 0.15) is 29.4 Å². The fourth-order valence-corrected chi connectivity index (χ4v) is 3.56. The largest absolute Gasteiger partial charge is 0.463 e. The van der Waals surface area contributed by atoms with Gasteiger partial charge in [0.25, 0.3) is 0 Å². The smallest absolute Gasteiger partial charge is 0.234 e. The monoisotopic (exact) mass is 323 g/mol. The second kappa shape index (κ2) is 6.12. The van der Waals surface area contributed by atoms with Crippen molar-refractivity contribution in [3.8, 4) is 0 Å². The lowest BCUT2D eigenvalue weighted by Gasteiger charge is -2.22. The van der Waals surface area contributed by atoms with Gasteiger partial charge in [-0.05, 0) is 24.3 Å². The summed E-state index contributed by atoms with van der Waals surface area (Å²) in [6, 6.07) is 7.39. The molecule has 1 unspecified atom stereocenters. The van der Waals surface area contributed by atoms with Crippen molar-refractivity contribution in [3.05, 3.63) is 59.1 Å². The first-order chi connectivity index (χ1) is 10.6. The van der Waals surface area contributed by atoms with Crippen LogP contribution in [0.3, 0.4) is 0 Å². The summed E-state index contributed by atoms with van der Waals surface area (Å²) in [5, 5.41) is -0.341. The Morgan fingerprint density at radius 3 is 2.64 bits per heavy atom. The van der Waals surface area contributed by atoms with E-state index < -0.39 is 11.6 Å². The number of hydrogen-bond donors (Lipinski definition) is 0. The van der Waals surface area contributed by atoms with Crippen LogP contribution in [0.25, 0.3) is 0 Å². The van der Waals surface area contributed by atoms with Gasteiger partial charge in [-0.3, -0.25) is 4.79 Å². The van der Waals surface area contributed by atoms with Crippen LogP contribution in [0.2, 0.25) is 0 Å². The first kappa shape index (κ1) is 15.1. The summed E-state index contributed by atoms with van der Waals surface area (Å²) in [5.41, 5.74) is -0.0920. The number of rotatable bonds is 4. The lowest BCUT2D eigenvalue weighted by Crippen LogP contribution is -2.28. The van der Waals surface area contributed by atoms with Gasteiger partial charge < -0.3 is 9.32 Å². The molecule has 0 bridgehead atoms. The number of carbonyl (C=O) groups excluding carboxylic acids is 1. The number of thioether (sulfide) groups is 1. The molecule has 1 aromatic heterocycles. The predicted octanol–water partition coefficient (Wildman–Crippen LogP) is 3.89. The topological polar surface area (TPSA) is 33.5 Å². The van der Waals surface area contributed by atoms with E-state index in [1.165, 1.54) is 34.9 Å². The molecule has 2 aromatic rings. The molecule has 1 aliphatic rings. The molecule has 1 atom stereocenters. The van der Waals surface area contributed by atoms with Crippen LogP contribution >= 0.6 is 11.8 Å². The maximum Gasteiger partial charge on any atom is 0.234 e. The van der Waals surface area contributed by atoms with Crippen molar-refractivity contribution in [2.45, 2.75) is 25.3 Å². The second-order valence-corrected chi connectivity index (χ2v) is 6.11. The summed E-state index contributed by atoms with van der Waals surface area (Å²) in [6.45, 7) is 1.87. The van der Waals surface area contributed by atoms with Crippen molar-refractivity contribution in [3.63, 3.8) is 0 Å². The van der Waals surface area contributed by atoms with E-state index in [0.717, 1.165) is 12.2 Å². The average molecular weight is 323 g/mol. The van der Waals surface area contributed by atoms with Gasteiger partial charge in [0.15, 0.2) is 0 Å². The van der Waals surface area contributed by atoms with E-state index in [1.807, 2.05) is 19.1 Å². The zero-order chi connectivity index (χ0) is 15.7. The third kappa shape index (κ3) is 2.75. The highest BCUT2D eigenvalue weighted by atomic mass is 32.2. The molecule has 1 fully saturated rings. The zero-order valence-electron chi connectivity index (χ0n) is 12.0. The van der Waals surface area contributed by atoms with Crippen molar-refractivity contribution in [1.82, 2.24) is 4.90 Å². The van der Waals surface area contributed by atoms with E-state index in [-0.39, 0.29) is 29.1 Å². The van der Waals surface area contributed by atoms with Gasteiger partial charge in [-0.1, -0.05) is 13.0 Å². The number of amides is 1. The van der Waals surface area contributed by atoms with E-state index in [4.69, 9.17) is 4.42 Å². The summed E-state index contributed by atoms with van der Waals surface area (Å²) < 4.78 is 33.3. The molecule has 6 heteroatoms. The van der Waals surface area contributed by atoms with Crippen LogP contribution in [0, 0.1) is 11.6 Å². The minimum Gasteiger partial charge on any atom is -0.463 e. The highest BCUT2D eigenvalue weighted by molar-refractivity contribution is 8.00. The SMILES string of the molecule is CCc1ccc(C2SCC(=O)N2Cc2c(F)cccc2F)o1. The van der Waals surface area contributed by atoms with Crippen LogP contribution in [-0.2, 0) is 17.8 Å². The minimum atomic E-state index is -0.642. The van der Waals surface area contributed by atoms with Gasteiger partial charge in [0.2, 0.25) is 5.91 Å². The zero-order valence-corrected chi connectivity index (χ0v) is 12.8. The van der Waals surface area contributed by atoms with Gasteiger partial charge in [0.05, 0.1) is 12.3 Å². The van der Waals surface area contributed by atoms with Crippen molar-refractivity contribution < 1.29 is 18.0 Å². The Morgan fingerprint density at radius 1 is 1.27 bits per heavy atom. The Kier molecular flexibility index (Phi) is 4.20. The van der Waals surface area contributed by atoms with Crippen LogP contribution in [0.5, 0.6) is 0 Å². The molecular weight excluding hydrogens is 308 g/mol. The molecule has 0 saturated carbocycles. The maximum absolute atomic E-state index is 13.8. The number of aryl methyl sites for hydroxylation is 1. The Bertz CT molecular complexity index is 681. The third-order valence-corrected chi connectivity index (χ3v) is 4.85. The molecule has 3 rings (SSSR count). The molecule has 0 N–H and O–H groups in total. The standard InChI is InChI=1S/C16H15F2NO2S/c1-2-10-6-7-14(21-10)16-19(15(20)9-22-16)8-11-12(17)4-3-5-13(11)18/h3-7,16H,2,8-9H2,1H3. The van der Waals surface area contributed by atoms with E-state index in [0.29, 0.717) is 5.76 Å². The van der Waals surface area contributed by atoms with E-state index >= 15 is 0 Å². The fraction of sp³-hybridized carbons (Fsp3) is 0.312. The first-order valence-corrected chi connectivity index (χ1v) is 8.07. The second-order valence-electron chi connectivity index (χ2n) is 5.04. The van der Waals surface area contributed by atoms with Crippen LogP contribution in [0.15, 0.2) is 34.7 Å². The van der Waals surface area contributed by atoms with E-state index in [2.05, 4.69) is 0 Å². The number of benzene rings is 1. The maximum atomic E-state index is 13.8. The summed E-state index contributed by atoms with van der Waals surface area (Å²) in [4.78, 5) is 13.5. The first-order valence-electron chi connectivity index (χ1n) is 7.02. The summed E-state index contributed by atoms with van der Waals surface area (Å²) in [5.74, 6) is 0.320. The van der Waals surface area contributed by atoms with E-state index in [1.54, 1.807) is 0 Å².